The number of nitrogens with zero attached hydrogens (tertiary/aromatic N) is 1. The summed E-state index contributed by atoms with van der Waals surface area (Å²) >= 11 is 2.27. The second-order valence-electron chi connectivity index (χ2n) is 7.56. The van der Waals surface area contributed by atoms with E-state index in [4.69, 9.17) is 0 Å². The number of thioether (sulfide) groups is 1. The van der Waals surface area contributed by atoms with E-state index in [1.54, 1.807) is 5.57 Å². The maximum absolute atomic E-state index is 2.65. The summed E-state index contributed by atoms with van der Waals surface area (Å²) in [6.45, 7) is 19.3. The van der Waals surface area contributed by atoms with Gasteiger partial charge in [-0.3, -0.25) is 0 Å². The van der Waals surface area contributed by atoms with E-state index in [0.29, 0.717) is 22.6 Å². The van der Waals surface area contributed by atoms with E-state index < -0.39 is 0 Å². The van der Waals surface area contributed by atoms with Gasteiger partial charge in [-0.25, -0.2) is 0 Å². The lowest BCUT2D eigenvalue weighted by atomic mass is 9.77. The number of hydrogen-bond acceptors (Lipinski definition) is 2. The zero-order chi connectivity index (χ0) is 15.1. The average Bonchev–Trinajstić information content (AvgIpc) is 2.62. The molecule has 2 aliphatic heterocycles. The molecule has 0 aromatic carbocycles. The highest BCUT2D eigenvalue weighted by atomic mass is 32.2. The molecule has 2 rings (SSSR count). The van der Waals surface area contributed by atoms with Gasteiger partial charge < -0.3 is 4.90 Å². The lowest BCUT2D eigenvalue weighted by Gasteiger charge is -2.43. The van der Waals surface area contributed by atoms with Crippen LogP contribution in [0.25, 0.3) is 0 Å². The topological polar surface area (TPSA) is 3.24 Å². The van der Waals surface area contributed by atoms with E-state index >= 15 is 0 Å². The summed E-state index contributed by atoms with van der Waals surface area (Å²) in [5.41, 5.74) is 3.58. The van der Waals surface area contributed by atoms with Crippen molar-refractivity contribution in [1.82, 2.24) is 4.90 Å². The summed E-state index contributed by atoms with van der Waals surface area (Å²) in [7, 11) is 0. The molecule has 1 spiro atoms. The van der Waals surface area contributed by atoms with Gasteiger partial charge in [0.05, 0.1) is 0 Å². The molecular formula is C18H33NS. The molecule has 0 bridgehead atoms. The van der Waals surface area contributed by atoms with Gasteiger partial charge >= 0.3 is 0 Å². The fourth-order valence-electron chi connectivity index (χ4n) is 4.38. The minimum atomic E-state index is 0.457. The molecule has 2 heterocycles. The van der Waals surface area contributed by atoms with Crippen molar-refractivity contribution in [3.8, 4) is 0 Å². The molecule has 0 saturated carbocycles. The van der Waals surface area contributed by atoms with E-state index in [2.05, 4.69) is 65.1 Å². The molecule has 1 nitrogen and oxygen atoms in total. The van der Waals surface area contributed by atoms with E-state index in [9.17, 15) is 0 Å². The molecule has 2 heteroatoms. The van der Waals surface area contributed by atoms with Crippen molar-refractivity contribution in [1.29, 1.82) is 0 Å². The van der Waals surface area contributed by atoms with E-state index in [1.807, 2.05) is 5.57 Å². The zero-order valence-corrected chi connectivity index (χ0v) is 15.3. The summed E-state index contributed by atoms with van der Waals surface area (Å²) in [5.74, 6) is 1.41. The molecule has 1 atom stereocenters. The van der Waals surface area contributed by atoms with Gasteiger partial charge in [-0.2, -0.15) is 0 Å². The minimum absolute atomic E-state index is 0.457. The smallest absolute Gasteiger partial charge is 0.0403 e. The molecule has 1 fully saturated rings. The first-order valence-electron chi connectivity index (χ1n) is 8.45. The third kappa shape index (κ3) is 2.83. The summed E-state index contributed by atoms with van der Waals surface area (Å²) < 4.78 is 0.457. The van der Waals surface area contributed by atoms with Crippen molar-refractivity contribution in [2.75, 3.05) is 13.1 Å². The van der Waals surface area contributed by atoms with Gasteiger partial charge in [-0.15, -0.1) is 11.8 Å². The van der Waals surface area contributed by atoms with Crippen LogP contribution >= 0.6 is 11.8 Å². The van der Waals surface area contributed by atoms with Crippen molar-refractivity contribution in [3.63, 3.8) is 0 Å². The number of hydrogen-bond donors (Lipinski definition) is 0. The molecule has 0 N–H and O–H groups in total. The van der Waals surface area contributed by atoms with Crippen LogP contribution in [0.15, 0.2) is 11.1 Å². The fraction of sp³-hybridized carbons (Fsp3) is 0.889. The largest absolute Gasteiger partial charge is 0.301 e. The van der Waals surface area contributed by atoms with Gasteiger partial charge in [0.2, 0.25) is 0 Å². The SMILES string of the molecule is CC(C)C1=C(C(C)C)C2(CCN(C(C)C)CC2)S[C@@H]1C. The molecule has 20 heavy (non-hydrogen) atoms. The molecule has 116 valence electrons. The molecule has 0 unspecified atom stereocenters. The van der Waals surface area contributed by atoms with Crippen molar-refractivity contribution < 1.29 is 0 Å². The summed E-state index contributed by atoms with van der Waals surface area (Å²) in [6, 6.07) is 0.701. The molecular weight excluding hydrogens is 262 g/mol. The highest BCUT2D eigenvalue weighted by Crippen LogP contribution is 2.56. The van der Waals surface area contributed by atoms with Crippen molar-refractivity contribution in [2.24, 2.45) is 11.8 Å². The normalized spacial score (nSPS) is 27.6. The Bertz CT molecular complexity index is 373. The third-order valence-electron chi connectivity index (χ3n) is 5.18. The standard InChI is InChI=1S/C18H33NS/c1-12(2)16-15(7)20-18(17(16)13(3)4)8-10-19(11-9-18)14(5)6/h12-15H,8-11H2,1-7H3/t15-/m1/s1. The monoisotopic (exact) mass is 295 g/mol. The third-order valence-corrected chi connectivity index (χ3v) is 6.86. The lowest BCUT2D eigenvalue weighted by Crippen LogP contribution is -2.46. The van der Waals surface area contributed by atoms with Crippen LogP contribution in [0.1, 0.15) is 61.3 Å². The first-order chi connectivity index (χ1) is 9.28. The average molecular weight is 296 g/mol. The van der Waals surface area contributed by atoms with Crippen molar-refractivity contribution >= 4 is 11.8 Å². The van der Waals surface area contributed by atoms with E-state index in [-0.39, 0.29) is 0 Å². The van der Waals surface area contributed by atoms with Gasteiger partial charge in [-0.1, -0.05) is 38.8 Å². The Labute approximate surface area is 130 Å². The highest BCUT2D eigenvalue weighted by molar-refractivity contribution is 8.02. The van der Waals surface area contributed by atoms with E-state index in [1.165, 1.54) is 25.9 Å². The zero-order valence-electron chi connectivity index (χ0n) is 14.5. The number of likely N-dealkylation sites (tertiary alicyclic amines) is 1. The predicted octanol–water partition coefficient (Wildman–Crippen LogP) is 4.97. The van der Waals surface area contributed by atoms with Crippen molar-refractivity contribution in [3.05, 3.63) is 11.1 Å². The lowest BCUT2D eigenvalue weighted by molar-refractivity contribution is 0.169. The Morgan fingerprint density at radius 1 is 1.00 bits per heavy atom. The Hall–Kier alpha value is 0.0500. The Morgan fingerprint density at radius 3 is 1.95 bits per heavy atom. The first-order valence-corrected chi connectivity index (χ1v) is 9.32. The molecule has 2 aliphatic rings. The van der Waals surface area contributed by atoms with Crippen LogP contribution in [-0.2, 0) is 0 Å². The van der Waals surface area contributed by atoms with Gasteiger partial charge in [0.1, 0.15) is 0 Å². The van der Waals surface area contributed by atoms with Gasteiger partial charge in [0.25, 0.3) is 0 Å². The highest BCUT2D eigenvalue weighted by Gasteiger charge is 2.47. The van der Waals surface area contributed by atoms with Crippen LogP contribution in [0.2, 0.25) is 0 Å². The molecule has 0 aliphatic carbocycles. The van der Waals surface area contributed by atoms with Crippen LogP contribution in [0.4, 0.5) is 0 Å². The molecule has 0 aromatic rings. The minimum Gasteiger partial charge on any atom is -0.301 e. The van der Waals surface area contributed by atoms with Crippen LogP contribution in [0.5, 0.6) is 0 Å². The second kappa shape index (κ2) is 6.04. The fourth-order valence-corrected chi connectivity index (χ4v) is 6.48. The maximum Gasteiger partial charge on any atom is 0.0403 e. The molecule has 1 saturated heterocycles. The van der Waals surface area contributed by atoms with Crippen LogP contribution in [0.3, 0.4) is 0 Å². The number of rotatable bonds is 3. The molecule has 0 radical (unpaired) electrons. The maximum atomic E-state index is 2.65. The number of piperidine rings is 1. The quantitative estimate of drug-likeness (QED) is 0.676. The second-order valence-corrected chi connectivity index (χ2v) is 9.29. The van der Waals surface area contributed by atoms with Crippen LogP contribution in [0, 0.1) is 11.8 Å². The summed E-state index contributed by atoms with van der Waals surface area (Å²) in [6.07, 6.45) is 2.70. The summed E-state index contributed by atoms with van der Waals surface area (Å²) in [5, 5.41) is 0.720. The first kappa shape index (κ1) is 16.4. The van der Waals surface area contributed by atoms with Crippen molar-refractivity contribution in [2.45, 2.75) is 77.3 Å². The Balaban J connectivity index is 2.29. The van der Waals surface area contributed by atoms with Crippen LogP contribution in [-0.4, -0.2) is 34.0 Å². The predicted molar refractivity (Wildman–Crippen MR) is 92.4 cm³/mol. The molecule has 0 aromatic heterocycles. The Kier molecular flexibility index (Phi) is 4.96. The van der Waals surface area contributed by atoms with Gasteiger partial charge in [0, 0.05) is 29.1 Å². The van der Waals surface area contributed by atoms with Gasteiger partial charge in [0.15, 0.2) is 0 Å². The van der Waals surface area contributed by atoms with Crippen LogP contribution < -0.4 is 0 Å². The Morgan fingerprint density at radius 2 is 1.55 bits per heavy atom. The molecule has 0 amide bonds. The van der Waals surface area contributed by atoms with Gasteiger partial charge in [-0.05, 0) is 45.4 Å². The van der Waals surface area contributed by atoms with E-state index in [0.717, 1.165) is 5.25 Å². The summed E-state index contributed by atoms with van der Waals surface area (Å²) in [4.78, 5) is 2.65.